The van der Waals surface area contributed by atoms with Gasteiger partial charge in [-0.25, -0.2) is 0 Å². The van der Waals surface area contributed by atoms with Crippen molar-refractivity contribution in [3.63, 3.8) is 0 Å². The number of carbonyl (C=O) groups excluding carboxylic acids is 1. The normalized spacial score (nSPS) is 18.0. The van der Waals surface area contributed by atoms with Crippen LogP contribution in [-0.4, -0.2) is 28.3 Å². The van der Waals surface area contributed by atoms with Gasteiger partial charge in [-0.15, -0.1) is 0 Å². The van der Waals surface area contributed by atoms with Crippen molar-refractivity contribution >= 4 is 5.91 Å². The van der Waals surface area contributed by atoms with Crippen LogP contribution < -0.4 is 5.32 Å². The van der Waals surface area contributed by atoms with Crippen LogP contribution in [0.25, 0.3) is 0 Å². The Morgan fingerprint density at radius 1 is 1.29 bits per heavy atom. The third-order valence-electron chi connectivity index (χ3n) is 4.72. The van der Waals surface area contributed by atoms with Crippen molar-refractivity contribution in [1.29, 1.82) is 0 Å². The van der Waals surface area contributed by atoms with Crippen LogP contribution in [0.15, 0.2) is 34.7 Å². The van der Waals surface area contributed by atoms with Crippen LogP contribution in [0.4, 0.5) is 0 Å². The minimum atomic E-state index is -1.46. The van der Waals surface area contributed by atoms with Gasteiger partial charge in [0.05, 0.1) is 6.54 Å². The number of amides is 1. The largest absolute Gasteiger partial charge is 0.466 e. The molecule has 1 aliphatic rings. The van der Waals surface area contributed by atoms with Gasteiger partial charge in [-0.1, -0.05) is 24.3 Å². The Hall–Kier alpha value is -2.11. The van der Waals surface area contributed by atoms with E-state index in [1.54, 1.807) is 19.9 Å². The maximum atomic E-state index is 12.5. The number of aliphatic hydroxyl groups is 2. The molecule has 2 aromatic rings. The Balaban J connectivity index is 1.69. The van der Waals surface area contributed by atoms with Crippen molar-refractivity contribution in [1.82, 2.24) is 5.32 Å². The van der Waals surface area contributed by atoms with Crippen LogP contribution in [0.2, 0.25) is 0 Å². The van der Waals surface area contributed by atoms with Crippen molar-refractivity contribution < 1.29 is 19.4 Å². The van der Waals surface area contributed by atoms with Crippen LogP contribution >= 0.6 is 0 Å². The van der Waals surface area contributed by atoms with E-state index in [4.69, 9.17) is 4.42 Å². The highest BCUT2D eigenvalue weighted by Gasteiger charge is 2.42. The highest BCUT2D eigenvalue weighted by Crippen LogP contribution is 2.31. The van der Waals surface area contributed by atoms with Crippen LogP contribution in [-0.2, 0) is 23.2 Å². The minimum Gasteiger partial charge on any atom is -0.466 e. The average molecular weight is 329 g/mol. The van der Waals surface area contributed by atoms with Crippen molar-refractivity contribution in [3.8, 4) is 0 Å². The number of benzene rings is 1. The summed E-state index contributed by atoms with van der Waals surface area (Å²) in [6.45, 7) is 5.21. The standard InChI is InChI=1S/C19H23NO4/c1-12-8-16(13(2)24-12)18(3,22)11-20-17(21)19(23)9-14-6-4-5-7-15(14)10-19/h4-8,22-23H,9-11H2,1-3H3,(H,20,21)/t18-/m0/s1. The molecular weight excluding hydrogens is 306 g/mol. The smallest absolute Gasteiger partial charge is 0.252 e. The number of hydrogen-bond acceptors (Lipinski definition) is 4. The lowest BCUT2D eigenvalue weighted by Gasteiger charge is -2.27. The molecule has 0 radical (unpaired) electrons. The van der Waals surface area contributed by atoms with Gasteiger partial charge in [-0.2, -0.15) is 0 Å². The quantitative estimate of drug-likeness (QED) is 0.798. The second kappa shape index (κ2) is 5.76. The molecular formula is C19H23NO4. The summed E-state index contributed by atoms with van der Waals surface area (Å²) in [5.41, 5.74) is -0.103. The van der Waals surface area contributed by atoms with E-state index in [9.17, 15) is 15.0 Å². The second-order valence-corrected chi connectivity index (χ2v) is 6.94. The third-order valence-corrected chi connectivity index (χ3v) is 4.72. The van der Waals surface area contributed by atoms with Gasteiger partial charge in [0.25, 0.3) is 5.91 Å². The molecule has 5 nitrogen and oxygen atoms in total. The van der Waals surface area contributed by atoms with Crippen molar-refractivity contribution in [3.05, 3.63) is 58.5 Å². The minimum absolute atomic E-state index is 0.00427. The van der Waals surface area contributed by atoms with E-state index in [0.29, 0.717) is 29.9 Å². The van der Waals surface area contributed by atoms with Gasteiger partial charge in [-0.3, -0.25) is 4.79 Å². The molecule has 24 heavy (non-hydrogen) atoms. The molecule has 1 amide bonds. The van der Waals surface area contributed by atoms with Crippen molar-refractivity contribution in [2.24, 2.45) is 0 Å². The van der Waals surface area contributed by atoms with E-state index < -0.39 is 17.1 Å². The van der Waals surface area contributed by atoms with Gasteiger partial charge in [0.1, 0.15) is 17.1 Å². The monoisotopic (exact) mass is 329 g/mol. The Labute approximate surface area is 141 Å². The third kappa shape index (κ3) is 2.97. The van der Waals surface area contributed by atoms with Gasteiger partial charge in [0, 0.05) is 18.4 Å². The van der Waals surface area contributed by atoms with Crippen LogP contribution in [0.5, 0.6) is 0 Å². The Bertz CT molecular complexity index is 750. The number of rotatable bonds is 4. The fourth-order valence-corrected chi connectivity index (χ4v) is 3.43. The van der Waals surface area contributed by atoms with E-state index in [-0.39, 0.29) is 6.54 Å². The molecule has 0 saturated heterocycles. The SMILES string of the molecule is Cc1cc([C@@](C)(O)CNC(=O)C2(O)Cc3ccccc3C2)c(C)o1. The zero-order valence-electron chi connectivity index (χ0n) is 14.2. The summed E-state index contributed by atoms with van der Waals surface area (Å²) in [5, 5.41) is 24.1. The Morgan fingerprint density at radius 3 is 2.38 bits per heavy atom. The molecule has 3 rings (SSSR count). The summed E-state index contributed by atoms with van der Waals surface area (Å²) < 4.78 is 5.45. The lowest BCUT2D eigenvalue weighted by atomic mass is 9.94. The predicted molar refractivity (Wildman–Crippen MR) is 89.6 cm³/mol. The van der Waals surface area contributed by atoms with Crippen molar-refractivity contribution in [2.75, 3.05) is 6.54 Å². The molecule has 0 fully saturated rings. The van der Waals surface area contributed by atoms with Crippen LogP contribution in [0, 0.1) is 13.8 Å². The fraction of sp³-hybridized carbons (Fsp3) is 0.421. The van der Waals surface area contributed by atoms with E-state index in [2.05, 4.69) is 5.32 Å². The van der Waals surface area contributed by atoms with E-state index in [0.717, 1.165) is 11.1 Å². The Kier molecular flexibility index (Phi) is 4.01. The topological polar surface area (TPSA) is 82.7 Å². The molecule has 1 atom stereocenters. The highest BCUT2D eigenvalue weighted by atomic mass is 16.3. The first-order valence-electron chi connectivity index (χ1n) is 8.09. The fourth-order valence-electron chi connectivity index (χ4n) is 3.43. The molecule has 128 valence electrons. The maximum Gasteiger partial charge on any atom is 0.252 e. The maximum absolute atomic E-state index is 12.5. The van der Waals surface area contributed by atoms with Crippen molar-refractivity contribution in [2.45, 2.75) is 44.8 Å². The first-order chi connectivity index (χ1) is 11.2. The van der Waals surface area contributed by atoms with Crippen LogP contribution in [0.3, 0.4) is 0 Å². The molecule has 1 aromatic heterocycles. The molecule has 0 spiro atoms. The lowest BCUT2D eigenvalue weighted by molar-refractivity contribution is -0.140. The summed E-state index contributed by atoms with van der Waals surface area (Å²) >= 11 is 0. The zero-order valence-corrected chi connectivity index (χ0v) is 14.2. The molecule has 3 N–H and O–H groups in total. The van der Waals surface area contributed by atoms with E-state index in [1.807, 2.05) is 31.2 Å². The number of carbonyl (C=O) groups is 1. The molecule has 1 heterocycles. The number of furan rings is 1. The highest BCUT2D eigenvalue weighted by molar-refractivity contribution is 5.86. The zero-order chi connectivity index (χ0) is 17.5. The number of fused-ring (bicyclic) bond motifs is 1. The first-order valence-corrected chi connectivity index (χ1v) is 8.09. The average Bonchev–Trinajstić information content (AvgIpc) is 3.04. The summed E-state index contributed by atoms with van der Waals surface area (Å²) in [6, 6.07) is 9.42. The van der Waals surface area contributed by atoms with Gasteiger partial charge < -0.3 is 19.9 Å². The lowest BCUT2D eigenvalue weighted by Crippen LogP contribution is -2.51. The molecule has 5 heteroatoms. The molecule has 0 unspecified atom stereocenters. The molecule has 0 aliphatic heterocycles. The summed E-state index contributed by atoms with van der Waals surface area (Å²) in [4.78, 5) is 12.5. The molecule has 0 bridgehead atoms. The van der Waals surface area contributed by atoms with E-state index in [1.165, 1.54) is 0 Å². The van der Waals surface area contributed by atoms with Gasteiger partial charge in [0.2, 0.25) is 0 Å². The van der Waals surface area contributed by atoms with Crippen LogP contribution in [0.1, 0.15) is 35.1 Å². The summed E-state index contributed by atoms with van der Waals surface area (Å²) in [7, 11) is 0. The van der Waals surface area contributed by atoms with Gasteiger partial charge >= 0.3 is 0 Å². The summed E-state index contributed by atoms with van der Waals surface area (Å²) in [5.74, 6) is 0.870. The van der Waals surface area contributed by atoms with Gasteiger partial charge in [0.15, 0.2) is 5.60 Å². The number of aryl methyl sites for hydroxylation is 2. The molecule has 1 aliphatic carbocycles. The predicted octanol–water partition coefficient (Wildman–Crippen LogP) is 1.75. The molecule has 1 aromatic carbocycles. The molecule has 0 saturated carbocycles. The second-order valence-electron chi connectivity index (χ2n) is 6.94. The number of hydrogen-bond donors (Lipinski definition) is 3. The van der Waals surface area contributed by atoms with Gasteiger partial charge in [-0.05, 0) is 38.0 Å². The summed E-state index contributed by atoms with van der Waals surface area (Å²) in [6.07, 6.45) is 0.585. The first kappa shape index (κ1) is 16.7. The Morgan fingerprint density at radius 2 is 1.88 bits per heavy atom. The van der Waals surface area contributed by atoms with E-state index >= 15 is 0 Å². The number of nitrogens with one attached hydrogen (secondary N) is 1.